The molecule has 1 fully saturated rings. The minimum Gasteiger partial charge on any atom is -0.305 e. The summed E-state index contributed by atoms with van der Waals surface area (Å²) >= 11 is 0. The minimum absolute atomic E-state index is 0.0509. The fourth-order valence-corrected chi connectivity index (χ4v) is 3.54. The highest BCUT2D eigenvalue weighted by atomic mass is 16.1. The molecule has 0 aliphatic carbocycles. The van der Waals surface area contributed by atoms with Crippen LogP contribution in [0.15, 0.2) is 54.6 Å². The summed E-state index contributed by atoms with van der Waals surface area (Å²) in [6.07, 6.45) is 3.67. The largest absolute Gasteiger partial charge is 0.305 e. The van der Waals surface area contributed by atoms with Crippen LogP contribution in [0.4, 0.5) is 0 Å². The summed E-state index contributed by atoms with van der Waals surface area (Å²) in [4.78, 5) is 19.6. The van der Waals surface area contributed by atoms with Crippen molar-refractivity contribution < 1.29 is 4.79 Å². The first kappa shape index (κ1) is 20.5. The lowest BCUT2D eigenvalue weighted by atomic mass is 10.0. The van der Waals surface area contributed by atoms with Gasteiger partial charge in [0, 0.05) is 44.8 Å². The SMILES string of the molecule is CN(C)Cc1cccc(C(=O)C=Cc2ccccc2CN2CCN(C)CC2)c1. The second-order valence-electron chi connectivity index (χ2n) is 7.91. The summed E-state index contributed by atoms with van der Waals surface area (Å²) in [7, 11) is 6.24. The second kappa shape index (κ2) is 9.78. The van der Waals surface area contributed by atoms with Crippen LogP contribution < -0.4 is 0 Å². The summed E-state index contributed by atoms with van der Waals surface area (Å²) in [6.45, 7) is 6.16. The fraction of sp³-hybridized carbons (Fsp3) is 0.375. The number of carbonyl (C=O) groups is 1. The van der Waals surface area contributed by atoms with Crippen molar-refractivity contribution in [3.63, 3.8) is 0 Å². The number of hydrogen-bond donors (Lipinski definition) is 0. The number of rotatable bonds is 7. The minimum atomic E-state index is 0.0509. The first-order valence-corrected chi connectivity index (χ1v) is 9.96. The number of nitrogens with zero attached hydrogens (tertiary/aromatic N) is 3. The van der Waals surface area contributed by atoms with Crippen LogP contribution in [-0.4, -0.2) is 67.8 Å². The molecule has 0 amide bonds. The maximum Gasteiger partial charge on any atom is 0.185 e. The van der Waals surface area contributed by atoms with Gasteiger partial charge in [0.25, 0.3) is 0 Å². The highest BCUT2D eigenvalue weighted by molar-refractivity contribution is 6.07. The van der Waals surface area contributed by atoms with Crippen molar-refractivity contribution in [3.8, 4) is 0 Å². The van der Waals surface area contributed by atoms with Gasteiger partial charge in [-0.15, -0.1) is 0 Å². The number of likely N-dealkylation sites (N-methyl/N-ethyl adjacent to an activating group) is 1. The summed E-state index contributed by atoms with van der Waals surface area (Å²) in [5.74, 6) is 0.0509. The van der Waals surface area contributed by atoms with Crippen molar-refractivity contribution in [2.45, 2.75) is 13.1 Å². The Morgan fingerprint density at radius 1 is 1.04 bits per heavy atom. The van der Waals surface area contributed by atoms with Crippen LogP contribution in [0.1, 0.15) is 27.0 Å². The Labute approximate surface area is 169 Å². The molecule has 4 heteroatoms. The molecule has 4 nitrogen and oxygen atoms in total. The Hall–Kier alpha value is -2.27. The van der Waals surface area contributed by atoms with E-state index in [1.54, 1.807) is 6.08 Å². The third-order valence-corrected chi connectivity index (χ3v) is 5.17. The zero-order valence-corrected chi connectivity index (χ0v) is 17.3. The Morgan fingerprint density at radius 3 is 2.54 bits per heavy atom. The number of piperazine rings is 1. The smallest absolute Gasteiger partial charge is 0.185 e. The molecular weight excluding hydrogens is 346 g/mol. The van der Waals surface area contributed by atoms with E-state index < -0.39 is 0 Å². The summed E-state index contributed by atoms with van der Waals surface area (Å²) < 4.78 is 0. The van der Waals surface area contributed by atoms with Crippen molar-refractivity contribution in [1.82, 2.24) is 14.7 Å². The van der Waals surface area contributed by atoms with Gasteiger partial charge in [-0.25, -0.2) is 0 Å². The average Bonchev–Trinajstić information content (AvgIpc) is 2.68. The first-order valence-electron chi connectivity index (χ1n) is 9.96. The summed E-state index contributed by atoms with van der Waals surface area (Å²) in [5.41, 5.74) is 4.29. The molecule has 2 aromatic carbocycles. The Kier molecular flexibility index (Phi) is 7.15. The predicted octanol–water partition coefficient (Wildman–Crippen LogP) is 3.39. The topological polar surface area (TPSA) is 26.8 Å². The number of allylic oxidation sites excluding steroid dienone is 1. The van der Waals surface area contributed by atoms with Gasteiger partial charge in [-0.1, -0.05) is 48.5 Å². The van der Waals surface area contributed by atoms with Gasteiger partial charge in [0.1, 0.15) is 0 Å². The molecule has 1 saturated heterocycles. The monoisotopic (exact) mass is 377 g/mol. The van der Waals surface area contributed by atoms with E-state index in [0.717, 1.165) is 56.0 Å². The van der Waals surface area contributed by atoms with Gasteiger partial charge in [0.2, 0.25) is 0 Å². The molecule has 1 aliphatic heterocycles. The van der Waals surface area contributed by atoms with Crippen molar-refractivity contribution >= 4 is 11.9 Å². The van der Waals surface area contributed by atoms with Crippen LogP contribution in [0.5, 0.6) is 0 Å². The fourth-order valence-electron chi connectivity index (χ4n) is 3.54. The Morgan fingerprint density at radius 2 is 1.79 bits per heavy atom. The van der Waals surface area contributed by atoms with Gasteiger partial charge in [-0.3, -0.25) is 9.69 Å². The number of ketones is 1. The normalized spacial score (nSPS) is 16.1. The molecule has 0 spiro atoms. The highest BCUT2D eigenvalue weighted by Gasteiger charge is 2.14. The van der Waals surface area contributed by atoms with Crippen LogP contribution in [0, 0.1) is 0 Å². The molecule has 0 saturated carbocycles. The van der Waals surface area contributed by atoms with Gasteiger partial charge in [0.15, 0.2) is 5.78 Å². The lowest BCUT2D eigenvalue weighted by Gasteiger charge is -2.32. The van der Waals surface area contributed by atoms with Crippen LogP contribution in [0.2, 0.25) is 0 Å². The molecule has 0 unspecified atom stereocenters. The number of benzene rings is 2. The number of carbonyl (C=O) groups excluding carboxylic acids is 1. The quantitative estimate of drug-likeness (QED) is 0.546. The Balaban J connectivity index is 1.69. The Bertz CT molecular complexity index is 820. The van der Waals surface area contributed by atoms with Gasteiger partial charge >= 0.3 is 0 Å². The first-order chi connectivity index (χ1) is 13.5. The third kappa shape index (κ3) is 5.86. The molecule has 0 N–H and O–H groups in total. The molecule has 1 heterocycles. The van der Waals surface area contributed by atoms with Crippen molar-refractivity contribution in [3.05, 3.63) is 76.9 Å². The van der Waals surface area contributed by atoms with E-state index >= 15 is 0 Å². The van der Waals surface area contributed by atoms with Crippen LogP contribution in [0.25, 0.3) is 6.08 Å². The summed E-state index contributed by atoms with van der Waals surface area (Å²) in [5, 5.41) is 0. The lowest BCUT2D eigenvalue weighted by Crippen LogP contribution is -2.43. The van der Waals surface area contributed by atoms with E-state index in [1.807, 2.05) is 44.4 Å². The average molecular weight is 378 g/mol. The van der Waals surface area contributed by atoms with Gasteiger partial charge < -0.3 is 9.80 Å². The van der Waals surface area contributed by atoms with Crippen molar-refractivity contribution in [1.29, 1.82) is 0 Å². The molecule has 1 aliphatic rings. The number of hydrogen-bond acceptors (Lipinski definition) is 4. The second-order valence-corrected chi connectivity index (χ2v) is 7.91. The molecule has 0 bridgehead atoms. The zero-order valence-electron chi connectivity index (χ0n) is 17.3. The molecule has 0 aromatic heterocycles. The van der Waals surface area contributed by atoms with E-state index in [1.165, 1.54) is 5.56 Å². The molecular formula is C24H31N3O. The van der Waals surface area contributed by atoms with E-state index in [4.69, 9.17) is 0 Å². The molecule has 0 atom stereocenters. The molecule has 3 rings (SSSR count). The van der Waals surface area contributed by atoms with E-state index in [-0.39, 0.29) is 5.78 Å². The van der Waals surface area contributed by atoms with Gasteiger partial charge in [-0.05, 0) is 50.0 Å². The molecule has 28 heavy (non-hydrogen) atoms. The van der Waals surface area contributed by atoms with Crippen LogP contribution in [0.3, 0.4) is 0 Å². The van der Waals surface area contributed by atoms with E-state index in [9.17, 15) is 4.79 Å². The van der Waals surface area contributed by atoms with Crippen LogP contribution in [-0.2, 0) is 13.1 Å². The molecule has 148 valence electrons. The standard InChI is InChI=1S/C24H31N3O/c1-25(2)18-20-7-6-10-22(17-20)24(28)12-11-21-8-4-5-9-23(21)19-27-15-13-26(3)14-16-27/h4-12,17H,13-16,18-19H2,1-3H3. The molecule has 2 aromatic rings. The van der Waals surface area contributed by atoms with Crippen molar-refractivity contribution in [2.24, 2.45) is 0 Å². The highest BCUT2D eigenvalue weighted by Crippen LogP contribution is 2.16. The molecule has 0 radical (unpaired) electrons. The van der Waals surface area contributed by atoms with Gasteiger partial charge in [0.05, 0.1) is 0 Å². The summed E-state index contributed by atoms with van der Waals surface area (Å²) in [6, 6.07) is 16.3. The van der Waals surface area contributed by atoms with Gasteiger partial charge in [-0.2, -0.15) is 0 Å². The van der Waals surface area contributed by atoms with Crippen molar-refractivity contribution in [2.75, 3.05) is 47.3 Å². The maximum atomic E-state index is 12.7. The maximum absolute atomic E-state index is 12.7. The van der Waals surface area contributed by atoms with E-state index in [0.29, 0.717) is 0 Å². The van der Waals surface area contributed by atoms with E-state index in [2.05, 4.69) is 46.0 Å². The predicted molar refractivity (Wildman–Crippen MR) is 116 cm³/mol. The third-order valence-electron chi connectivity index (χ3n) is 5.17. The zero-order chi connectivity index (χ0) is 19.9. The van der Waals surface area contributed by atoms with Crippen LogP contribution >= 0.6 is 0 Å². The lowest BCUT2D eigenvalue weighted by molar-refractivity contribution is 0.104.